The number of nitrogens with two attached hydrogens (primary N) is 1. The van der Waals surface area contributed by atoms with Crippen molar-refractivity contribution in [3.05, 3.63) is 24.0 Å². The Labute approximate surface area is 111 Å². The predicted molar refractivity (Wildman–Crippen MR) is 69.6 cm³/mol. The summed E-state index contributed by atoms with van der Waals surface area (Å²) in [4.78, 5) is 10.4. The molecule has 0 aliphatic heterocycles. The summed E-state index contributed by atoms with van der Waals surface area (Å²) in [7, 11) is -2.59. The summed E-state index contributed by atoms with van der Waals surface area (Å²) in [6.45, 7) is 1.51. The van der Waals surface area contributed by atoms with Crippen LogP contribution in [0.5, 0.6) is 0 Å². The third-order valence-corrected chi connectivity index (χ3v) is 4.27. The molecule has 0 unspecified atom stereocenters. The first kappa shape index (κ1) is 15.5. The quantitative estimate of drug-likeness (QED) is 0.818. The Morgan fingerprint density at radius 3 is 2.58 bits per heavy atom. The highest BCUT2D eigenvalue weighted by molar-refractivity contribution is 7.89. The third kappa shape index (κ3) is 3.72. The second-order valence-corrected chi connectivity index (χ2v) is 5.95. The van der Waals surface area contributed by atoms with Crippen molar-refractivity contribution >= 4 is 21.6 Å². The minimum Gasteiger partial charge on any atom is -0.329 e. The number of hydrogen-bond acceptors (Lipinski definition) is 4. The molecule has 1 aromatic carbocycles. The number of hydrogen-bond donors (Lipinski definition) is 2. The molecule has 0 radical (unpaired) electrons. The number of rotatable bonds is 5. The van der Waals surface area contributed by atoms with Gasteiger partial charge in [0.2, 0.25) is 15.9 Å². The summed E-state index contributed by atoms with van der Waals surface area (Å²) in [6.07, 6.45) is 0. The molecule has 106 valence electrons. The zero-order valence-electron chi connectivity index (χ0n) is 10.7. The second-order valence-electron chi connectivity index (χ2n) is 3.94. The molecule has 0 atom stereocenters. The summed E-state index contributed by atoms with van der Waals surface area (Å²) in [6, 6.07) is 3.40. The van der Waals surface area contributed by atoms with Gasteiger partial charge in [0.05, 0.1) is 0 Å². The van der Waals surface area contributed by atoms with Gasteiger partial charge in [0, 0.05) is 32.7 Å². The van der Waals surface area contributed by atoms with Gasteiger partial charge < -0.3 is 11.1 Å². The summed E-state index contributed by atoms with van der Waals surface area (Å²) in [5.41, 5.74) is 5.47. The summed E-state index contributed by atoms with van der Waals surface area (Å²) in [5.74, 6) is -1.29. The van der Waals surface area contributed by atoms with Crippen LogP contribution in [0.4, 0.5) is 10.1 Å². The van der Waals surface area contributed by atoms with Gasteiger partial charge in [-0.1, -0.05) is 0 Å². The van der Waals surface area contributed by atoms with Crippen molar-refractivity contribution in [2.75, 3.05) is 25.5 Å². The smallest absolute Gasteiger partial charge is 0.245 e. The molecule has 0 aliphatic carbocycles. The highest BCUT2D eigenvalue weighted by atomic mass is 32.2. The van der Waals surface area contributed by atoms with E-state index in [0.717, 1.165) is 16.4 Å². The minimum atomic E-state index is -3.91. The zero-order valence-corrected chi connectivity index (χ0v) is 11.5. The average Bonchev–Trinajstić information content (AvgIpc) is 2.28. The predicted octanol–water partition coefficient (Wildman–Crippen LogP) is 0.363. The van der Waals surface area contributed by atoms with Crippen LogP contribution in [0.15, 0.2) is 23.1 Å². The van der Waals surface area contributed by atoms with Crippen LogP contribution in [-0.2, 0) is 14.8 Å². The molecule has 0 aliphatic rings. The maximum atomic E-state index is 13.8. The SMILES string of the molecule is CC(=O)Nc1ccc(S(=O)(=O)N(C)CCN)c(F)c1. The second kappa shape index (κ2) is 6.09. The monoisotopic (exact) mass is 289 g/mol. The number of nitrogens with one attached hydrogen (secondary N) is 1. The van der Waals surface area contributed by atoms with Crippen molar-refractivity contribution in [2.24, 2.45) is 5.73 Å². The molecule has 0 bridgehead atoms. The van der Waals surface area contributed by atoms with E-state index in [9.17, 15) is 17.6 Å². The topological polar surface area (TPSA) is 92.5 Å². The fourth-order valence-corrected chi connectivity index (χ4v) is 2.69. The number of sulfonamides is 1. The maximum absolute atomic E-state index is 13.8. The number of benzene rings is 1. The van der Waals surface area contributed by atoms with Gasteiger partial charge in [0.1, 0.15) is 10.7 Å². The van der Waals surface area contributed by atoms with Crippen molar-refractivity contribution < 1.29 is 17.6 Å². The first-order chi connectivity index (χ1) is 8.78. The van der Waals surface area contributed by atoms with E-state index in [2.05, 4.69) is 5.32 Å². The molecular formula is C11H16FN3O3S. The Morgan fingerprint density at radius 1 is 1.47 bits per heavy atom. The summed E-state index contributed by atoms with van der Waals surface area (Å²) >= 11 is 0. The molecule has 3 N–H and O–H groups in total. The fraction of sp³-hybridized carbons (Fsp3) is 0.364. The number of nitrogens with zero attached hydrogens (tertiary/aromatic N) is 1. The Bertz CT molecular complexity index is 575. The molecule has 1 aromatic rings. The lowest BCUT2D eigenvalue weighted by Gasteiger charge is -2.16. The largest absolute Gasteiger partial charge is 0.329 e. The van der Waals surface area contributed by atoms with Crippen molar-refractivity contribution in [2.45, 2.75) is 11.8 Å². The Kier molecular flexibility index (Phi) is 4.98. The van der Waals surface area contributed by atoms with E-state index in [4.69, 9.17) is 5.73 Å². The van der Waals surface area contributed by atoms with E-state index in [1.807, 2.05) is 0 Å². The fourth-order valence-electron chi connectivity index (χ4n) is 1.46. The standard InChI is InChI=1S/C11H16FN3O3S/c1-8(16)14-9-3-4-11(10(12)7-9)19(17,18)15(2)6-5-13/h3-4,7H,5-6,13H2,1-2H3,(H,14,16). The van der Waals surface area contributed by atoms with Crippen LogP contribution in [-0.4, -0.2) is 38.8 Å². The first-order valence-corrected chi connectivity index (χ1v) is 6.96. The van der Waals surface area contributed by atoms with Crippen molar-refractivity contribution in [3.8, 4) is 0 Å². The van der Waals surface area contributed by atoms with Crippen LogP contribution in [0.3, 0.4) is 0 Å². The van der Waals surface area contributed by atoms with E-state index in [-0.39, 0.29) is 24.7 Å². The molecule has 6 nitrogen and oxygen atoms in total. The van der Waals surface area contributed by atoms with Crippen molar-refractivity contribution in [1.29, 1.82) is 0 Å². The molecule has 1 amide bonds. The van der Waals surface area contributed by atoms with Crippen LogP contribution in [0.2, 0.25) is 0 Å². The highest BCUT2D eigenvalue weighted by Crippen LogP contribution is 2.21. The number of amides is 1. The van der Waals surface area contributed by atoms with Gasteiger partial charge in [-0.05, 0) is 18.2 Å². The molecule has 0 saturated heterocycles. The van der Waals surface area contributed by atoms with Gasteiger partial charge in [0.25, 0.3) is 0 Å². The lowest BCUT2D eigenvalue weighted by atomic mass is 10.3. The summed E-state index contributed by atoms with van der Waals surface area (Å²) < 4.78 is 38.8. The Hall–Kier alpha value is -1.51. The third-order valence-electron chi connectivity index (χ3n) is 2.38. The van der Waals surface area contributed by atoms with Gasteiger partial charge >= 0.3 is 0 Å². The molecule has 1 rings (SSSR count). The Balaban J connectivity index is 3.12. The average molecular weight is 289 g/mol. The molecule has 0 saturated carbocycles. The zero-order chi connectivity index (χ0) is 14.6. The molecule has 19 heavy (non-hydrogen) atoms. The van der Waals surface area contributed by atoms with E-state index < -0.39 is 20.7 Å². The lowest BCUT2D eigenvalue weighted by Crippen LogP contribution is -2.32. The van der Waals surface area contributed by atoms with Gasteiger partial charge in [-0.25, -0.2) is 12.8 Å². The van der Waals surface area contributed by atoms with E-state index >= 15 is 0 Å². The van der Waals surface area contributed by atoms with Gasteiger partial charge in [0.15, 0.2) is 0 Å². The van der Waals surface area contributed by atoms with Crippen LogP contribution in [0, 0.1) is 5.82 Å². The number of carbonyl (C=O) groups is 1. The molecule has 8 heteroatoms. The molecular weight excluding hydrogens is 273 g/mol. The van der Waals surface area contributed by atoms with Crippen LogP contribution < -0.4 is 11.1 Å². The molecule has 0 heterocycles. The number of carbonyl (C=O) groups excluding carboxylic acids is 1. The normalized spacial score (nSPS) is 11.6. The first-order valence-electron chi connectivity index (χ1n) is 5.52. The Morgan fingerprint density at radius 2 is 2.11 bits per heavy atom. The number of likely N-dealkylation sites (N-methyl/N-ethyl adjacent to an activating group) is 1. The molecule has 0 aromatic heterocycles. The van der Waals surface area contributed by atoms with E-state index in [1.165, 1.54) is 20.0 Å². The van der Waals surface area contributed by atoms with Crippen molar-refractivity contribution in [3.63, 3.8) is 0 Å². The van der Waals surface area contributed by atoms with Gasteiger partial charge in [-0.15, -0.1) is 0 Å². The lowest BCUT2D eigenvalue weighted by molar-refractivity contribution is -0.114. The number of halogens is 1. The number of anilines is 1. The van der Waals surface area contributed by atoms with Crippen LogP contribution >= 0.6 is 0 Å². The van der Waals surface area contributed by atoms with E-state index in [1.54, 1.807) is 0 Å². The summed E-state index contributed by atoms with van der Waals surface area (Å²) in [5, 5.41) is 2.37. The molecule has 0 spiro atoms. The van der Waals surface area contributed by atoms with Crippen LogP contribution in [0.1, 0.15) is 6.92 Å². The van der Waals surface area contributed by atoms with Crippen LogP contribution in [0.25, 0.3) is 0 Å². The minimum absolute atomic E-state index is 0.0925. The van der Waals surface area contributed by atoms with Crippen molar-refractivity contribution in [1.82, 2.24) is 4.31 Å². The highest BCUT2D eigenvalue weighted by Gasteiger charge is 2.24. The molecule has 0 fully saturated rings. The van der Waals surface area contributed by atoms with Gasteiger partial charge in [-0.2, -0.15) is 4.31 Å². The van der Waals surface area contributed by atoms with Gasteiger partial charge in [-0.3, -0.25) is 4.79 Å². The maximum Gasteiger partial charge on any atom is 0.245 e. The van der Waals surface area contributed by atoms with E-state index in [0.29, 0.717) is 0 Å².